The minimum Gasteiger partial charge on any atom is -0.449 e. The number of anilines is 1. The van der Waals surface area contributed by atoms with Crippen molar-refractivity contribution in [3.63, 3.8) is 0 Å². The van der Waals surface area contributed by atoms with E-state index < -0.39 is 28.0 Å². The van der Waals surface area contributed by atoms with Crippen LogP contribution >= 0.6 is 0 Å². The van der Waals surface area contributed by atoms with Gasteiger partial charge in [-0.25, -0.2) is 17.9 Å². The molecule has 0 unspecified atom stereocenters. The number of sulfonamides is 1. The molecule has 11 heteroatoms. The SMILES string of the molecule is CC(C)n1nccc1NC(=O)[C@@H](C)OC(=O)c1ccc(S(=O)(=O)N2C[C@@H](C)O[C@H](C)C2)cc1. The average molecular weight is 479 g/mol. The van der Waals surface area contributed by atoms with Gasteiger partial charge in [-0.1, -0.05) is 0 Å². The van der Waals surface area contributed by atoms with Gasteiger partial charge in [0.1, 0.15) is 5.82 Å². The molecule has 1 N–H and O–H groups in total. The summed E-state index contributed by atoms with van der Waals surface area (Å²) in [6.07, 6.45) is 0.0991. The van der Waals surface area contributed by atoms with E-state index in [1.54, 1.807) is 16.9 Å². The molecule has 33 heavy (non-hydrogen) atoms. The third-order valence-electron chi connectivity index (χ3n) is 5.18. The fraction of sp³-hybridized carbons (Fsp3) is 0.500. The molecule has 2 aromatic rings. The number of nitrogens with zero attached hydrogens (tertiary/aromatic N) is 3. The van der Waals surface area contributed by atoms with Gasteiger partial charge in [0.2, 0.25) is 10.0 Å². The topological polar surface area (TPSA) is 120 Å². The first-order chi connectivity index (χ1) is 15.5. The highest BCUT2D eigenvalue weighted by Gasteiger charge is 2.32. The van der Waals surface area contributed by atoms with Crippen LogP contribution in [0.25, 0.3) is 0 Å². The molecule has 0 radical (unpaired) electrons. The van der Waals surface area contributed by atoms with Crippen LogP contribution in [0.15, 0.2) is 41.4 Å². The summed E-state index contributed by atoms with van der Waals surface area (Å²) >= 11 is 0. The molecule has 1 aromatic heterocycles. The van der Waals surface area contributed by atoms with Gasteiger partial charge in [0.05, 0.1) is 28.9 Å². The molecule has 1 amide bonds. The molecule has 0 spiro atoms. The molecule has 1 aliphatic heterocycles. The van der Waals surface area contributed by atoms with Crippen molar-refractivity contribution >= 4 is 27.7 Å². The lowest BCUT2D eigenvalue weighted by Crippen LogP contribution is -2.48. The summed E-state index contributed by atoms with van der Waals surface area (Å²) in [5.41, 5.74) is 0.143. The van der Waals surface area contributed by atoms with Gasteiger partial charge in [-0.05, 0) is 58.9 Å². The van der Waals surface area contributed by atoms with Crippen LogP contribution in [0.2, 0.25) is 0 Å². The minimum atomic E-state index is -3.72. The van der Waals surface area contributed by atoms with Crippen molar-refractivity contribution < 1.29 is 27.5 Å². The highest BCUT2D eigenvalue weighted by Crippen LogP contribution is 2.22. The summed E-state index contributed by atoms with van der Waals surface area (Å²) < 4.78 is 39.8. The summed E-state index contributed by atoms with van der Waals surface area (Å²) in [6.45, 7) is 9.49. The van der Waals surface area contributed by atoms with Crippen LogP contribution in [-0.2, 0) is 24.3 Å². The fourth-order valence-electron chi connectivity index (χ4n) is 3.57. The molecule has 0 aliphatic carbocycles. The summed E-state index contributed by atoms with van der Waals surface area (Å²) in [4.78, 5) is 25.0. The zero-order valence-corrected chi connectivity index (χ0v) is 20.2. The van der Waals surface area contributed by atoms with E-state index in [9.17, 15) is 18.0 Å². The van der Waals surface area contributed by atoms with Crippen molar-refractivity contribution in [3.8, 4) is 0 Å². The predicted molar refractivity (Wildman–Crippen MR) is 121 cm³/mol. The van der Waals surface area contributed by atoms with Gasteiger partial charge in [0.15, 0.2) is 6.10 Å². The maximum atomic E-state index is 12.9. The molecule has 1 aliphatic rings. The Morgan fingerprint density at radius 3 is 2.27 bits per heavy atom. The zero-order chi connectivity index (χ0) is 24.3. The normalized spacial score (nSPS) is 20.4. The van der Waals surface area contributed by atoms with Crippen LogP contribution in [0.4, 0.5) is 5.82 Å². The van der Waals surface area contributed by atoms with E-state index in [1.165, 1.54) is 35.5 Å². The molecule has 10 nitrogen and oxygen atoms in total. The van der Waals surface area contributed by atoms with Gasteiger partial charge in [-0.3, -0.25) is 4.79 Å². The first-order valence-electron chi connectivity index (χ1n) is 10.8. The van der Waals surface area contributed by atoms with Gasteiger partial charge >= 0.3 is 5.97 Å². The molecular weight excluding hydrogens is 448 g/mol. The quantitative estimate of drug-likeness (QED) is 0.607. The van der Waals surface area contributed by atoms with E-state index in [2.05, 4.69) is 10.4 Å². The Labute approximate surface area is 193 Å². The van der Waals surface area contributed by atoms with E-state index >= 15 is 0 Å². The maximum absolute atomic E-state index is 12.9. The summed E-state index contributed by atoms with van der Waals surface area (Å²) in [6, 6.07) is 7.18. The van der Waals surface area contributed by atoms with Crippen LogP contribution in [0, 0.1) is 0 Å². The second-order valence-electron chi connectivity index (χ2n) is 8.40. The molecule has 1 fully saturated rings. The molecule has 0 saturated carbocycles. The van der Waals surface area contributed by atoms with Crippen molar-refractivity contribution in [1.29, 1.82) is 0 Å². The second kappa shape index (κ2) is 10.0. The number of nitrogens with one attached hydrogen (secondary N) is 1. The lowest BCUT2D eigenvalue weighted by molar-refractivity contribution is -0.123. The van der Waals surface area contributed by atoms with Crippen molar-refractivity contribution in [2.45, 2.75) is 63.9 Å². The van der Waals surface area contributed by atoms with E-state index in [0.29, 0.717) is 5.82 Å². The van der Waals surface area contributed by atoms with Crippen LogP contribution in [0.5, 0.6) is 0 Å². The summed E-state index contributed by atoms with van der Waals surface area (Å²) in [5, 5.41) is 6.83. The van der Waals surface area contributed by atoms with Crippen molar-refractivity contribution in [3.05, 3.63) is 42.1 Å². The Kier molecular flexibility index (Phi) is 7.55. The van der Waals surface area contributed by atoms with E-state index in [0.717, 1.165) is 0 Å². The Hall–Kier alpha value is -2.76. The number of hydrogen-bond acceptors (Lipinski definition) is 7. The Bertz CT molecular complexity index is 1090. The molecule has 0 bridgehead atoms. The molecular formula is C22H30N4O6S. The van der Waals surface area contributed by atoms with E-state index in [4.69, 9.17) is 9.47 Å². The highest BCUT2D eigenvalue weighted by molar-refractivity contribution is 7.89. The number of amides is 1. The molecule has 180 valence electrons. The van der Waals surface area contributed by atoms with Gasteiger partial charge in [0.25, 0.3) is 5.91 Å². The number of rotatable bonds is 7. The maximum Gasteiger partial charge on any atom is 0.338 e. The predicted octanol–water partition coefficient (Wildman–Crippen LogP) is 2.45. The zero-order valence-electron chi connectivity index (χ0n) is 19.4. The van der Waals surface area contributed by atoms with Crippen LogP contribution in [-0.4, -0.2) is 65.8 Å². The third-order valence-corrected chi connectivity index (χ3v) is 7.02. The lowest BCUT2D eigenvalue weighted by atomic mass is 10.2. The number of aromatic nitrogens is 2. The van der Waals surface area contributed by atoms with Crippen LogP contribution in [0.3, 0.4) is 0 Å². The van der Waals surface area contributed by atoms with Gasteiger partial charge in [0, 0.05) is 25.2 Å². The monoisotopic (exact) mass is 478 g/mol. The van der Waals surface area contributed by atoms with E-state index in [-0.39, 0.29) is 41.8 Å². The van der Waals surface area contributed by atoms with Gasteiger partial charge in [-0.15, -0.1) is 0 Å². The number of morpholine rings is 1. The van der Waals surface area contributed by atoms with Crippen LogP contribution < -0.4 is 5.32 Å². The van der Waals surface area contributed by atoms with Crippen molar-refractivity contribution in [2.24, 2.45) is 0 Å². The first-order valence-corrected chi connectivity index (χ1v) is 12.2. The number of carbonyl (C=O) groups is 2. The summed E-state index contributed by atoms with van der Waals surface area (Å²) in [5.74, 6) is -0.729. The molecule has 1 saturated heterocycles. The van der Waals surface area contributed by atoms with Gasteiger partial charge in [-0.2, -0.15) is 9.40 Å². The second-order valence-corrected chi connectivity index (χ2v) is 10.3. The standard InChI is InChI=1S/C22H30N4O6S/c1-14(2)26-20(10-11-23-26)24-21(27)17(5)32-22(28)18-6-8-19(9-7-18)33(29,30)25-12-15(3)31-16(4)13-25/h6-11,14-17H,12-13H2,1-5H3,(H,24,27)/t15-,16-,17-/m1/s1. The molecule has 1 aromatic carbocycles. The minimum absolute atomic E-state index is 0.0480. The van der Waals surface area contributed by atoms with Gasteiger partial charge < -0.3 is 14.8 Å². The molecule has 3 rings (SSSR count). The first kappa shape index (κ1) is 24.9. The highest BCUT2D eigenvalue weighted by atomic mass is 32.2. The molecule has 2 heterocycles. The smallest absolute Gasteiger partial charge is 0.338 e. The Morgan fingerprint density at radius 2 is 1.70 bits per heavy atom. The van der Waals surface area contributed by atoms with Crippen molar-refractivity contribution in [2.75, 3.05) is 18.4 Å². The van der Waals surface area contributed by atoms with Crippen LogP contribution in [0.1, 0.15) is 51.0 Å². The fourth-order valence-corrected chi connectivity index (χ4v) is 5.16. The van der Waals surface area contributed by atoms with Crippen molar-refractivity contribution in [1.82, 2.24) is 14.1 Å². The Morgan fingerprint density at radius 1 is 1.09 bits per heavy atom. The number of ether oxygens (including phenoxy) is 2. The number of hydrogen-bond donors (Lipinski definition) is 1. The molecule has 3 atom stereocenters. The largest absolute Gasteiger partial charge is 0.449 e. The Balaban J connectivity index is 1.64. The number of esters is 1. The number of benzene rings is 1. The number of carbonyl (C=O) groups excluding carboxylic acids is 2. The average Bonchev–Trinajstić information content (AvgIpc) is 3.21. The third kappa shape index (κ3) is 5.79. The lowest BCUT2D eigenvalue weighted by Gasteiger charge is -2.34. The van der Waals surface area contributed by atoms with E-state index in [1.807, 2.05) is 27.7 Å². The summed E-state index contributed by atoms with van der Waals surface area (Å²) in [7, 11) is -3.72.